The summed E-state index contributed by atoms with van der Waals surface area (Å²) >= 11 is 0. The number of tetrazole rings is 1. The number of aromatic nitrogens is 5. The van der Waals surface area contributed by atoms with E-state index in [0.717, 1.165) is 50.3 Å². The minimum absolute atomic E-state index is 0.460. The summed E-state index contributed by atoms with van der Waals surface area (Å²) in [5.74, 6) is 3.00. The molecule has 4 rings (SSSR count). The highest BCUT2D eigenvalue weighted by molar-refractivity contribution is 5.53. The first kappa shape index (κ1) is 21.0. The highest BCUT2D eigenvalue weighted by atomic mass is 16.5. The lowest BCUT2D eigenvalue weighted by Crippen LogP contribution is -2.36. The maximum atomic E-state index is 5.49. The molecule has 0 amide bonds. The van der Waals surface area contributed by atoms with Crippen molar-refractivity contribution in [3.63, 3.8) is 0 Å². The zero-order valence-electron chi connectivity index (χ0n) is 18.2. The molecule has 0 aliphatic carbocycles. The van der Waals surface area contributed by atoms with Crippen molar-refractivity contribution in [1.29, 1.82) is 0 Å². The summed E-state index contributed by atoms with van der Waals surface area (Å²) < 4.78 is 16.4. The third kappa shape index (κ3) is 4.93. The molecule has 0 unspecified atom stereocenters. The molecule has 2 aromatic heterocycles. The number of rotatable bonds is 8. The number of methoxy groups -OCH3 is 3. The number of benzene rings is 1. The summed E-state index contributed by atoms with van der Waals surface area (Å²) in [6.07, 6.45) is 4.02. The van der Waals surface area contributed by atoms with Crippen LogP contribution in [-0.4, -0.2) is 64.5 Å². The smallest absolute Gasteiger partial charge is 0.223 e. The highest BCUT2D eigenvalue weighted by Gasteiger charge is 2.23. The number of nitrogens with zero attached hydrogens (tertiary/aromatic N) is 6. The van der Waals surface area contributed by atoms with Crippen molar-refractivity contribution in [2.24, 2.45) is 5.92 Å². The molecule has 31 heavy (non-hydrogen) atoms. The quantitative estimate of drug-likeness (QED) is 0.545. The molecular weight excluding hydrogens is 396 g/mol. The summed E-state index contributed by atoms with van der Waals surface area (Å²) in [6, 6.07) is 9.72. The van der Waals surface area contributed by atoms with Gasteiger partial charge in [-0.15, -0.1) is 10.2 Å². The summed E-state index contributed by atoms with van der Waals surface area (Å²) in [7, 11) is 4.90. The Morgan fingerprint density at radius 2 is 1.87 bits per heavy atom. The normalized spacial score (nSPS) is 16.8. The largest absolute Gasteiger partial charge is 0.493 e. The SMILES string of the molecule is COc1cc(CN2CCC[C@H](Cn3nnc(-c4ccccn4)n3)C2)cc(OC)c1OC. The molecule has 1 aliphatic rings. The van der Waals surface area contributed by atoms with Gasteiger partial charge in [0, 0.05) is 19.3 Å². The predicted octanol–water partition coefficient (Wildman–Crippen LogP) is 2.67. The molecule has 3 heterocycles. The molecule has 9 nitrogen and oxygen atoms in total. The van der Waals surface area contributed by atoms with Crippen molar-refractivity contribution < 1.29 is 14.2 Å². The van der Waals surface area contributed by atoms with Crippen molar-refractivity contribution in [2.75, 3.05) is 34.4 Å². The van der Waals surface area contributed by atoms with Gasteiger partial charge in [-0.2, -0.15) is 4.80 Å². The van der Waals surface area contributed by atoms with E-state index in [9.17, 15) is 0 Å². The summed E-state index contributed by atoms with van der Waals surface area (Å²) in [6.45, 7) is 3.58. The van der Waals surface area contributed by atoms with E-state index in [4.69, 9.17) is 14.2 Å². The Morgan fingerprint density at radius 3 is 2.55 bits per heavy atom. The summed E-state index contributed by atoms with van der Waals surface area (Å²) in [5, 5.41) is 12.9. The van der Waals surface area contributed by atoms with Gasteiger partial charge in [-0.3, -0.25) is 9.88 Å². The molecule has 0 bridgehead atoms. The standard InChI is InChI=1S/C22H28N6O3/c1-29-19-11-17(12-20(30-2)21(19)31-3)14-27-10-6-7-16(13-27)15-28-25-22(24-26-28)18-8-4-5-9-23-18/h4-5,8-9,11-12,16H,6-7,10,13-15H2,1-3H3/t16-/m0/s1. The number of likely N-dealkylation sites (tertiary alicyclic amines) is 1. The number of pyridine rings is 1. The van der Waals surface area contributed by atoms with E-state index in [2.05, 4.69) is 25.3 Å². The zero-order valence-corrected chi connectivity index (χ0v) is 18.2. The van der Waals surface area contributed by atoms with Crippen molar-refractivity contribution >= 4 is 0 Å². The minimum atomic E-state index is 0.460. The number of piperidine rings is 1. The van der Waals surface area contributed by atoms with Crippen LogP contribution in [0.15, 0.2) is 36.5 Å². The molecule has 9 heteroatoms. The minimum Gasteiger partial charge on any atom is -0.493 e. The van der Waals surface area contributed by atoms with Gasteiger partial charge in [0.1, 0.15) is 5.69 Å². The van der Waals surface area contributed by atoms with Crippen LogP contribution in [0, 0.1) is 5.92 Å². The van der Waals surface area contributed by atoms with E-state index in [1.165, 1.54) is 0 Å². The van der Waals surface area contributed by atoms with E-state index in [1.807, 2.05) is 30.3 Å². The Hall–Kier alpha value is -3.20. The van der Waals surface area contributed by atoms with Crippen LogP contribution in [-0.2, 0) is 13.1 Å². The van der Waals surface area contributed by atoms with Crippen molar-refractivity contribution in [3.05, 3.63) is 42.1 Å². The molecule has 1 atom stereocenters. The number of ether oxygens (including phenoxy) is 3. The Balaban J connectivity index is 1.41. The molecule has 0 saturated carbocycles. The maximum Gasteiger partial charge on any atom is 0.223 e. The lowest BCUT2D eigenvalue weighted by molar-refractivity contribution is 0.149. The van der Waals surface area contributed by atoms with Crippen LogP contribution in [0.5, 0.6) is 17.2 Å². The Bertz CT molecular complexity index is 969. The van der Waals surface area contributed by atoms with Crippen LogP contribution in [0.3, 0.4) is 0 Å². The Morgan fingerprint density at radius 1 is 1.06 bits per heavy atom. The van der Waals surface area contributed by atoms with E-state index in [0.29, 0.717) is 29.0 Å². The van der Waals surface area contributed by atoms with Crippen LogP contribution in [0.1, 0.15) is 18.4 Å². The second-order valence-electron chi connectivity index (χ2n) is 7.66. The van der Waals surface area contributed by atoms with E-state index >= 15 is 0 Å². The monoisotopic (exact) mass is 424 g/mol. The van der Waals surface area contributed by atoms with Gasteiger partial charge in [0.05, 0.1) is 27.9 Å². The van der Waals surface area contributed by atoms with Gasteiger partial charge in [0.15, 0.2) is 11.5 Å². The number of hydrogen-bond acceptors (Lipinski definition) is 8. The van der Waals surface area contributed by atoms with Gasteiger partial charge >= 0.3 is 0 Å². The van der Waals surface area contributed by atoms with Crippen molar-refractivity contribution in [1.82, 2.24) is 30.1 Å². The Kier molecular flexibility index (Phi) is 6.61. The molecule has 1 fully saturated rings. The van der Waals surface area contributed by atoms with Gasteiger partial charge < -0.3 is 14.2 Å². The summed E-state index contributed by atoms with van der Waals surface area (Å²) in [5.41, 5.74) is 1.87. The van der Waals surface area contributed by atoms with Gasteiger partial charge in [0.2, 0.25) is 11.6 Å². The van der Waals surface area contributed by atoms with Gasteiger partial charge in [0.25, 0.3) is 0 Å². The fourth-order valence-electron chi connectivity index (χ4n) is 4.08. The molecular formula is C22H28N6O3. The van der Waals surface area contributed by atoms with Crippen LogP contribution < -0.4 is 14.2 Å². The van der Waals surface area contributed by atoms with Crippen LogP contribution >= 0.6 is 0 Å². The average molecular weight is 425 g/mol. The van der Waals surface area contributed by atoms with Gasteiger partial charge in [-0.25, -0.2) is 0 Å². The zero-order chi connectivity index (χ0) is 21.6. The molecule has 0 radical (unpaired) electrons. The molecule has 1 saturated heterocycles. The van der Waals surface area contributed by atoms with E-state index < -0.39 is 0 Å². The lowest BCUT2D eigenvalue weighted by atomic mass is 9.97. The maximum absolute atomic E-state index is 5.49. The van der Waals surface area contributed by atoms with E-state index in [-0.39, 0.29) is 0 Å². The third-order valence-corrected chi connectivity index (χ3v) is 5.50. The molecule has 3 aromatic rings. The fraction of sp³-hybridized carbons (Fsp3) is 0.455. The first-order valence-electron chi connectivity index (χ1n) is 10.4. The molecule has 0 spiro atoms. The van der Waals surface area contributed by atoms with Crippen LogP contribution in [0.4, 0.5) is 0 Å². The van der Waals surface area contributed by atoms with Crippen molar-refractivity contribution in [2.45, 2.75) is 25.9 Å². The highest BCUT2D eigenvalue weighted by Crippen LogP contribution is 2.38. The third-order valence-electron chi connectivity index (χ3n) is 5.50. The van der Waals surface area contributed by atoms with Crippen molar-refractivity contribution in [3.8, 4) is 28.8 Å². The Labute approximate surface area is 181 Å². The molecule has 1 aromatic carbocycles. The second kappa shape index (κ2) is 9.74. The van der Waals surface area contributed by atoms with Crippen LogP contribution in [0.2, 0.25) is 0 Å². The van der Waals surface area contributed by atoms with E-state index in [1.54, 1.807) is 32.3 Å². The summed E-state index contributed by atoms with van der Waals surface area (Å²) in [4.78, 5) is 8.43. The average Bonchev–Trinajstić information content (AvgIpc) is 3.27. The lowest BCUT2D eigenvalue weighted by Gasteiger charge is -2.32. The second-order valence-corrected chi connectivity index (χ2v) is 7.66. The first-order chi connectivity index (χ1) is 15.2. The molecule has 0 N–H and O–H groups in total. The molecule has 1 aliphatic heterocycles. The predicted molar refractivity (Wildman–Crippen MR) is 115 cm³/mol. The van der Waals surface area contributed by atoms with Crippen LogP contribution in [0.25, 0.3) is 11.5 Å². The van der Waals surface area contributed by atoms with Gasteiger partial charge in [-0.05, 0) is 60.3 Å². The molecule has 164 valence electrons. The first-order valence-corrected chi connectivity index (χ1v) is 10.4. The fourth-order valence-corrected chi connectivity index (χ4v) is 4.08. The number of hydrogen-bond donors (Lipinski definition) is 0. The topological polar surface area (TPSA) is 87.4 Å². The van der Waals surface area contributed by atoms with Gasteiger partial charge in [-0.1, -0.05) is 6.07 Å².